The second kappa shape index (κ2) is 29.1. The van der Waals surface area contributed by atoms with Crippen LogP contribution in [0.15, 0.2) is 169 Å². The number of hydrogen-bond acceptors (Lipinski definition) is 2. The zero-order chi connectivity index (χ0) is 42.2. The molecule has 5 aromatic rings. The molecule has 3 aliphatic rings. The first kappa shape index (κ1) is 50.3. The summed E-state index contributed by atoms with van der Waals surface area (Å²) in [6.07, 6.45) is 24.8. The van der Waals surface area contributed by atoms with Gasteiger partial charge < -0.3 is 10.8 Å². The molecule has 3 fully saturated rings. The van der Waals surface area contributed by atoms with Crippen molar-refractivity contribution in [2.45, 2.75) is 127 Å². The van der Waals surface area contributed by atoms with Crippen LogP contribution in [0.3, 0.4) is 0 Å². The molecular formula is C56H67O2PRhSn-. The van der Waals surface area contributed by atoms with E-state index in [1.807, 2.05) is 60.7 Å². The Morgan fingerprint density at radius 1 is 0.525 bits per heavy atom. The Bertz CT molecular complexity index is 1820. The van der Waals surface area contributed by atoms with Gasteiger partial charge in [0.15, 0.2) is 5.78 Å². The van der Waals surface area contributed by atoms with Gasteiger partial charge in [0.2, 0.25) is 0 Å². The molecule has 0 saturated heterocycles. The zero-order valence-electron chi connectivity index (χ0n) is 36.6. The van der Waals surface area contributed by atoms with Crippen LogP contribution in [0.25, 0.3) is 5.57 Å². The first-order chi connectivity index (χ1) is 29.4. The van der Waals surface area contributed by atoms with Gasteiger partial charge in [-0.05, 0) is 69.3 Å². The molecule has 0 amide bonds. The van der Waals surface area contributed by atoms with E-state index in [0.717, 1.165) is 16.7 Å². The Kier molecular flexibility index (Phi) is 24.0. The first-order valence-electron chi connectivity index (χ1n) is 22.6. The van der Waals surface area contributed by atoms with E-state index in [4.69, 9.17) is 11.7 Å². The van der Waals surface area contributed by atoms with Crippen LogP contribution >= 0.6 is 7.92 Å². The Morgan fingerprint density at radius 3 is 1.03 bits per heavy atom. The van der Waals surface area contributed by atoms with Crippen LogP contribution in [0.5, 0.6) is 0 Å². The molecule has 5 heteroatoms. The molecule has 0 aliphatic heterocycles. The van der Waals surface area contributed by atoms with Gasteiger partial charge in [0, 0.05) is 25.6 Å². The molecule has 0 aromatic heterocycles. The van der Waals surface area contributed by atoms with Crippen molar-refractivity contribution in [3.8, 4) is 0 Å². The first-order valence-corrected chi connectivity index (χ1v) is 28.4. The van der Waals surface area contributed by atoms with Crippen molar-refractivity contribution in [3.05, 3.63) is 187 Å². The fraction of sp³-hybridized carbons (Fsp3) is 0.357. The summed E-state index contributed by atoms with van der Waals surface area (Å²) in [6, 6.07) is 53.0. The number of rotatable bonds is 9. The summed E-state index contributed by atoms with van der Waals surface area (Å²) in [6.45, 7) is 8.40. The third kappa shape index (κ3) is 17.4. The van der Waals surface area contributed by atoms with Crippen LogP contribution < -0.4 is 10.7 Å². The summed E-state index contributed by atoms with van der Waals surface area (Å²) in [7, 11) is 0.385. The third-order valence-electron chi connectivity index (χ3n) is 11.9. The van der Waals surface area contributed by atoms with Gasteiger partial charge in [-0.2, -0.15) is 0 Å². The summed E-state index contributed by atoms with van der Waals surface area (Å²) in [4.78, 5) is 10.0. The van der Waals surface area contributed by atoms with Gasteiger partial charge in [0.25, 0.3) is 0 Å². The van der Waals surface area contributed by atoms with E-state index in [2.05, 4.69) is 96.7 Å². The van der Waals surface area contributed by atoms with Crippen LogP contribution in [0, 0.1) is 6.58 Å². The number of ketones is 1. The molecular weight excluding hydrogens is 957 g/mol. The number of aliphatic hydroxyl groups excluding tert-OH is 1. The average molecular weight is 1020 g/mol. The molecule has 0 spiro atoms. The van der Waals surface area contributed by atoms with Crippen molar-refractivity contribution in [1.82, 2.24) is 0 Å². The zero-order valence-corrected chi connectivity index (χ0v) is 42.0. The second-order valence-corrected chi connectivity index (χ2v) is 26.6. The van der Waals surface area contributed by atoms with Crippen molar-refractivity contribution < 1.29 is 29.4 Å². The van der Waals surface area contributed by atoms with E-state index < -0.39 is 19.8 Å². The molecule has 2 radical (unpaired) electrons. The monoisotopic (exact) mass is 1030 g/mol. The number of hydrogen-bond donors (Lipinski definition) is 1. The minimum atomic E-state index is -1.98. The van der Waals surface area contributed by atoms with Gasteiger partial charge in [0.1, 0.15) is 0 Å². The summed E-state index contributed by atoms with van der Waals surface area (Å²) in [5.41, 5.74) is 9.44. The van der Waals surface area contributed by atoms with Crippen molar-refractivity contribution >= 4 is 49.8 Å². The molecule has 3 aliphatic carbocycles. The van der Waals surface area contributed by atoms with Gasteiger partial charge in [0.05, 0.1) is 5.76 Å². The summed E-state index contributed by atoms with van der Waals surface area (Å²) in [5, 5.41) is 8.36. The summed E-state index contributed by atoms with van der Waals surface area (Å²) in [5.74, 6) is -0.0625. The Hall–Kier alpha value is -3.32. The van der Waals surface area contributed by atoms with Crippen LogP contribution in [-0.4, -0.2) is 47.6 Å². The van der Waals surface area contributed by atoms with Crippen LogP contribution in [0.4, 0.5) is 0 Å². The Morgan fingerprint density at radius 2 is 0.803 bits per heavy atom. The SMILES string of the molecule is C1CCC(P(C2CCCCC2)C2CCCCC2)CC1.CC(=O)/C=C(/C)O.[CH-]=C=C(c1ccccc1)c1ccccc1.[Rh].c1cc[c]([Sn]([c]2ccccc2)[c]2ccccc2)cc1. The van der Waals surface area contributed by atoms with E-state index in [-0.39, 0.29) is 31.0 Å². The van der Waals surface area contributed by atoms with Crippen molar-refractivity contribution in [3.63, 3.8) is 0 Å². The van der Waals surface area contributed by atoms with Gasteiger partial charge in [-0.3, -0.25) is 4.79 Å². The molecule has 0 unspecified atom stereocenters. The topological polar surface area (TPSA) is 37.3 Å². The molecule has 0 atom stereocenters. The van der Waals surface area contributed by atoms with Crippen molar-refractivity contribution in [2.75, 3.05) is 0 Å². The maximum atomic E-state index is 10.0. The predicted octanol–water partition coefficient (Wildman–Crippen LogP) is 13.4. The Balaban J connectivity index is 0.000000187. The summed E-state index contributed by atoms with van der Waals surface area (Å²) >= 11 is -1.98. The fourth-order valence-electron chi connectivity index (χ4n) is 9.18. The maximum absolute atomic E-state index is 10.0. The molecule has 5 aromatic carbocycles. The van der Waals surface area contributed by atoms with Gasteiger partial charge in [-0.1, -0.05) is 137 Å². The van der Waals surface area contributed by atoms with Crippen molar-refractivity contribution in [1.29, 1.82) is 0 Å². The third-order valence-corrected chi connectivity index (χ3v) is 23.7. The number of carbonyl (C=O) groups excluding carboxylic acids is 1. The fourth-order valence-corrected chi connectivity index (χ4v) is 21.2. The molecule has 0 heterocycles. The number of carbonyl (C=O) groups is 1. The quantitative estimate of drug-likeness (QED) is 0.0399. The van der Waals surface area contributed by atoms with E-state index in [0.29, 0.717) is 7.92 Å². The minimum absolute atomic E-state index is 0. The molecule has 61 heavy (non-hydrogen) atoms. The standard InChI is InChI=1S/C18H33P.C15H11.3C6H5.C5H8O2.Rh.Sn/c1-4-10-16(11-5-1)19(17-12-6-2-7-13-17)18-14-8-3-9-15-18;1-2-15(13-9-5-3-6-10-13)14-11-7-4-8-12-14;3*1-2-4-6-5-3-1;1-4(6)3-5(2)7;;/h16-18H,1-15H2;1,3-12H;3*1-5H;3,6H,1-2H3;;/q;-1;;;;;;/b;;;;;4-3-;;. The van der Waals surface area contributed by atoms with E-state index in [9.17, 15) is 4.79 Å². The molecule has 8 rings (SSSR count). The second-order valence-electron chi connectivity index (χ2n) is 16.4. The number of aliphatic hydroxyl groups is 1. The Labute approximate surface area is 390 Å². The number of allylic oxidation sites excluding steroid dienone is 2. The number of benzene rings is 5. The van der Waals surface area contributed by atoms with E-state index >= 15 is 0 Å². The molecule has 0 bridgehead atoms. The summed E-state index contributed by atoms with van der Waals surface area (Å²) < 4.78 is 4.59. The van der Waals surface area contributed by atoms with Crippen LogP contribution in [-0.2, 0) is 24.3 Å². The molecule has 2 nitrogen and oxygen atoms in total. The van der Waals surface area contributed by atoms with Gasteiger partial charge in [-0.25, -0.2) is 6.58 Å². The molecule has 3 saturated carbocycles. The van der Waals surface area contributed by atoms with Gasteiger partial charge in [-0.15, -0.1) is 5.57 Å². The normalized spacial score (nSPS) is 15.9. The van der Waals surface area contributed by atoms with Crippen LogP contribution in [0.1, 0.15) is 121 Å². The van der Waals surface area contributed by atoms with Crippen molar-refractivity contribution in [2.24, 2.45) is 0 Å². The average Bonchev–Trinajstić information content (AvgIpc) is 3.30. The van der Waals surface area contributed by atoms with Gasteiger partial charge >= 0.3 is 121 Å². The van der Waals surface area contributed by atoms with E-state index in [1.165, 1.54) is 66.9 Å². The molecule has 322 valence electrons. The van der Waals surface area contributed by atoms with E-state index in [1.54, 1.807) is 77.0 Å². The van der Waals surface area contributed by atoms with Crippen LogP contribution in [0.2, 0.25) is 0 Å². The molecule has 1 N–H and O–H groups in total. The predicted molar refractivity (Wildman–Crippen MR) is 262 cm³/mol.